The number of halogens is 4. The van der Waals surface area contributed by atoms with Gasteiger partial charge < -0.3 is 11.1 Å². The molecule has 2 aromatic rings. The first-order valence-corrected chi connectivity index (χ1v) is 8.24. The molecule has 1 amide bonds. The van der Waals surface area contributed by atoms with Crippen molar-refractivity contribution in [3.05, 3.63) is 40.5 Å². The third-order valence-electron chi connectivity index (χ3n) is 3.11. The molecule has 2 rings (SSSR count). The molecule has 11 heteroatoms. The van der Waals surface area contributed by atoms with Crippen LogP contribution in [0.25, 0.3) is 0 Å². The second-order valence-corrected chi connectivity index (χ2v) is 6.74. The molecule has 3 N–H and O–H groups in total. The van der Waals surface area contributed by atoms with Crippen molar-refractivity contribution in [3.8, 4) is 6.07 Å². The van der Waals surface area contributed by atoms with Crippen LogP contribution in [-0.2, 0) is 11.0 Å². The van der Waals surface area contributed by atoms with E-state index in [1.807, 2.05) is 0 Å². The Balaban J connectivity index is 2.15. The lowest BCUT2D eigenvalue weighted by atomic mass is 10.1. The molecule has 0 fully saturated rings. The molecule has 26 heavy (non-hydrogen) atoms. The van der Waals surface area contributed by atoms with Crippen LogP contribution in [0, 0.1) is 11.3 Å². The molecule has 0 bridgehead atoms. The van der Waals surface area contributed by atoms with Gasteiger partial charge in [-0.1, -0.05) is 23.4 Å². The van der Waals surface area contributed by atoms with Gasteiger partial charge in [0.25, 0.3) is 0 Å². The number of anilines is 2. The van der Waals surface area contributed by atoms with Crippen LogP contribution in [0.2, 0.25) is 5.02 Å². The molecule has 136 valence electrons. The number of rotatable bonds is 4. The molecule has 6 nitrogen and oxygen atoms in total. The van der Waals surface area contributed by atoms with E-state index in [-0.39, 0.29) is 21.6 Å². The van der Waals surface area contributed by atoms with Gasteiger partial charge in [-0.25, -0.2) is 9.97 Å². The van der Waals surface area contributed by atoms with E-state index in [9.17, 15) is 18.0 Å². The lowest BCUT2D eigenvalue weighted by Gasteiger charge is -2.16. The lowest BCUT2D eigenvalue weighted by Crippen LogP contribution is -2.24. The summed E-state index contributed by atoms with van der Waals surface area (Å²) in [5.41, 5.74) is 4.20. The lowest BCUT2D eigenvalue weighted by molar-refractivity contribution is -0.137. The Morgan fingerprint density at radius 2 is 2.15 bits per heavy atom. The highest BCUT2D eigenvalue weighted by Crippen LogP contribution is 2.36. The van der Waals surface area contributed by atoms with Crippen LogP contribution in [0.4, 0.5) is 24.7 Å². The summed E-state index contributed by atoms with van der Waals surface area (Å²) in [6.45, 7) is 1.47. The number of nitrogens with two attached hydrogens (primary N) is 1. The summed E-state index contributed by atoms with van der Waals surface area (Å²) in [6.07, 6.45) is -3.47. The van der Waals surface area contributed by atoms with Gasteiger partial charge in [0.2, 0.25) is 5.91 Å². The van der Waals surface area contributed by atoms with Gasteiger partial charge in [0.15, 0.2) is 5.16 Å². The molecule has 1 aromatic carbocycles. The van der Waals surface area contributed by atoms with E-state index in [1.54, 1.807) is 6.07 Å². The smallest absolute Gasteiger partial charge is 0.382 e. The second kappa shape index (κ2) is 7.80. The van der Waals surface area contributed by atoms with Gasteiger partial charge in [0.05, 0.1) is 22.7 Å². The molecule has 1 atom stereocenters. The predicted octanol–water partition coefficient (Wildman–Crippen LogP) is 3.72. The SMILES string of the molecule is C[C@H](Sc1ncc(C#N)c(N)n1)C(=O)Nc1ccc(Cl)cc1C(F)(F)F. The summed E-state index contributed by atoms with van der Waals surface area (Å²) in [5.74, 6) is -0.732. The number of thioether (sulfide) groups is 1. The van der Waals surface area contributed by atoms with E-state index in [2.05, 4.69) is 15.3 Å². The summed E-state index contributed by atoms with van der Waals surface area (Å²) in [7, 11) is 0. The van der Waals surface area contributed by atoms with Crippen molar-refractivity contribution in [1.29, 1.82) is 5.26 Å². The molecule has 0 aliphatic carbocycles. The number of benzene rings is 1. The number of amides is 1. The zero-order valence-corrected chi connectivity index (χ0v) is 14.7. The molecular weight excluding hydrogens is 391 g/mol. The van der Waals surface area contributed by atoms with Gasteiger partial charge in [-0.05, 0) is 25.1 Å². The molecule has 0 saturated heterocycles. The van der Waals surface area contributed by atoms with Crippen molar-refractivity contribution >= 4 is 40.8 Å². The van der Waals surface area contributed by atoms with E-state index >= 15 is 0 Å². The first-order chi connectivity index (χ1) is 12.1. The van der Waals surface area contributed by atoms with Crippen LogP contribution in [0.1, 0.15) is 18.1 Å². The monoisotopic (exact) mass is 401 g/mol. The summed E-state index contributed by atoms with van der Waals surface area (Å²) >= 11 is 6.49. The minimum atomic E-state index is -4.67. The molecule has 0 aliphatic rings. The number of alkyl halides is 3. The molecule has 0 saturated carbocycles. The molecule has 0 radical (unpaired) electrons. The van der Waals surface area contributed by atoms with Gasteiger partial charge >= 0.3 is 6.18 Å². The Morgan fingerprint density at radius 1 is 1.46 bits per heavy atom. The third-order valence-corrected chi connectivity index (χ3v) is 4.32. The third kappa shape index (κ3) is 4.77. The van der Waals surface area contributed by atoms with Gasteiger partial charge in [0, 0.05) is 5.02 Å². The van der Waals surface area contributed by atoms with E-state index in [1.165, 1.54) is 19.2 Å². The van der Waals surface area contributed by atoms with E-state index in [4.69, 9.17) is 22.6 Å². The average molecular weight is 402 g/mol. The number of carbonyl (C=O) groups excluding carboxylic acids is 1. The summed E-state index contributed by atoms with van der Waals surface area (Å²) in [5, 5.41) is 10.2. The minimum absolute atomic E-state index is 0.0466. The maximum absolute atomic E-state index is 13.1. The first-order valence-electron chi connectivity index (χ1n) is 6.98. The Bertz CT molecular complexity index is 885. The van der Waals surface area contributed by atoms with Crippen LogP contribution < -0.4 is 11.1 Å². The number of nitriles is 1. The van der Waals surface area contributed by atoms with Gasteiger partial charge in [0.1, 0.15) is 17.5 Å². The fraction of sp³-hybridized carbons (Fsp3) is 0.200. The number of hydrogen-bond donors (Lipinski definition) is 2. The van der Waals surface area contributed by atoms with Crippen molar-refractivity contribution < 1.29 is 18.0 Å². The Morgan fingerprint density at radius 3 is 2.73 bits per heavy atom. The Kier molecular flexibility index (Phi) is 5.94. The van der Waals surface area contributed by atoms with Crippen LogP contribution in [0.5, 0.6) is 0 Å². The molecule has 0 aliphatic heterocycles. The standard InChI is InChI=1S/C15H11ClF3N5OS/c1-7(26-14-22-6-8(5-20)12(21)24-14)13(25)23-11-3-2-9(16)4-10(11)15(17,18)19/h2-4,6-7H,1H3,(H,23,25)(H2,21,22,24)/t7-/m0/s1. The average Bonchev–Trinajstić information content (AvgIpc) is 2.55. The maximum atomic E-state index is 13.1. The van der Waals surface area contributed by atoms with Crippen LogP contribution in [0.3, 0.4) is 0 Å². The van der Waals surface area contributed by atoms with Crippen LogP contribution in [0.15, 0.2) is 29.6 Å². The highest BCUT2D eigenvalue weighted by molar-refractivity contribution is 8.00. The Hall–Kier alpha value is -2.51. The molecule has 1 heterocycles. The largest absolute Gasteiger partial charge is 0.418 e. The zero-order valence-electron chi connectivity index (χ0n) is 13.1. The number of nitrogens with one attached hydrogen (secondary N) is 1. The Labute approximate surface area is 155 Å². The van der Waals surface area contributed by atoms with Crippen LogP contribution >= 0.6 is 23.4 Å². The highest BCUT2D eigenvalue weighted by atomic mass is 35.5. The normalized spacial score (nSPS) is 12.3. The summed E-state index contributed by atoms with van der Waals surface area (Å²) < 4.78 is 39.2. The molecule has 0 spiro atoms. The summed E-state index contributed by atoms with van der Waals surface area (Å²) in [4.78, 5) is 20.0. The topological polar surface area (TPSA) is 105 Å². The van der Waals surface area contributed by atoms with Gasteiger partial charge in [-0.15, -0.1) is 0 Å². The number of nitrogens with zero attached hydrogens (tertiary/aromatic N) is 3. The minimum Gasteiger partial charge on any atom is -0.382 e. The summed E-state index contributed by atoms with van der Waals surface area (Å²) in [6, 6.07) is 4.86. The first kappa shape index (κ1) is 19.8. The predicted molar refractivity (Wildman–Crippen MR) is 91.6 cm³/mol. The van der Waals surface area contributed by atoms with Crippen molar-refractivity contribution in [1.82, 2.24) is 9.97 Å². The molecular formula is C15H11ClF3N5OS. The van der Waals surface area contributed by atoms with Gasteiger partial charge in [-0.3, -0.25) is 4.79 Å². The fourth-order valence-corrected chi connectivity index (χ4v) is 2.75. The molecule has 1 aromatic heterocycles. The van der Waals surface area contributed by atoms with E-state index in [0.29, 0.717) is 0 Å². The quantitative estimate of drug-likeness (QED) is 0.597. The zero-order chi connectivity index (χ0) is 19.5. The number of carbonyl (C=O) groups is 1. The highest BCUT2D eigenvalue weighted by Gasteiger charge is 2.34. The second-order valence-electron chi connectivity index (χ2n) is 5.00. The van der Waals surface area contributed by atoms with Gasteiger partial charge in [-0.2, -0.15) is 18.4 Å². The van der Waals surface area contributed by atoms with E-state index in [0.717, 1.165) is 23.9 Å². The van der Waals surface area contributed by atoms with Crippen molar-refractivity contribution in [2.75, 3.05) is 11.1 Å². The maximum Gasteiger partial charge on any atom is 0.418 e. The molecule has 0 unspecified atom stereocenters. The number of hydrogen-bond acceptors (Lipinski definition) is 6. The number of nitrogen functional groups attached to an aromatic ring is 1. The van der Waals surface area contributed by atoms with Crippen LogP contribution in [-0.4, -0.2) is 21.1 Å². The van der Waals surface area contributed by atoms with Crippen molar-refractivity contribution in [2.45, 2.75) is 23.5 Å². The van der Waals surface area contributed by atoms with Crippen molar-refractivity contribution in [2.24, 2.45) is 0 Å². The number of aromatic nitrogens is 2. The van der Waals surface area contributed by atoms with E-state index < -0.39 is 28.6 Å². The fourth-order valence-electron chi connectivity index (χ4n) is 1.83. The van der Waals surface area contributed by atoms with Crippen molar-refractivity contribution in [3.63, 3.8) is 0 Å².